The van der Waals surface area contributed by atoms with Crippen molar-refractivity contribution in [2.45, 2.75) is 33.6 Å². The Morgan fingerprint density at radius 3 is 2.43 bits per heavy atom. The molecule has 1 aromatic heterocycles. The molecule has 1 rings (SSSR count). The van der Waals surface area contributed by atoms with Crippen molar-refractivity contribution in [1.82, 2.24) is 15.0 Å². The van der Waals surface area contributed by atoms with Crippen LogP contribution in [0.25, 0.3) is 0 Å². The fourth-order valence-corrected chi connectivity index (χ4v) is 1.44. The Hall–Kier alpha value is -2.12. The lowest BCUT2D eigenvalue weighted by molar-refractivity contribution is -0.142. The number of anilines is 2. The molecular weight excluding hydrogens is 274 g/mol. The van der Waals surface area contributed by atoms with Gasteiger partial charge in [-0.1, -0.05) is 6.92 Å². The summed E-state index contributed by atoms with van der Waals surface area (Å²) >= 11 is 0. The quantitative estimate of drug-likeness (QED) is 0.626. The van der Waals surface area contributed by atoms with E-state index in [1.165, 1.54) is 0 Å². The molecule has 0 aromatic carbocycles. The van der Waals surface area contributed by atoms with Gasteiger partial charge in [-0.25, -0.2) is 0 Å². The van der Waals surface area contributed by atoms with E-state index >= 15 is 0 Å². The summed E-state index contributed by atoms with van der Waals surface area (Å²) < 4.78 is 10.3. The van der Waals surface area contributed by atoms with Crippen LogP contribution in [-0.2, 0) is 9.53 Å². The SMILES string of the molecule is CCCOc1nc(NCC)nc(NCCC(=O)OCC)n1. The number of rotatable bonds is 10. The van der Waals surface area contributed by atoms with Crippen LogP contribution in [0.2, 0.25) is 0 Å². The van der Waals surface area contributed by atoms with Crippen LogP contribution in [0.15, 0.2) is 0 Å². The minimum Gasteiger partial charge on any atom is -0.466 e. The summed E-state index contributed by atoms with van der Waals surface area (Å²) in [7, 11) is 0. The summed E-state index contributed by atoms with van der Waals surface area (Å²) in [6, 6.07) is 0.265. The van der Waals surface area contributed by atoms with Crippen LogP contribution in [-0.4, -0.2) is 47.2 Å². The van der Waals surface area contributed by atoms with Gasteiger partial charge in [-0.15, -0.1) is 0 Å². The molecule has 0 fully saturated rings. The van der Waals surface area contributed by atoms with E-state index in [9.17, 15) is 4.79 Å². The minimum absolute atomic E-state index is 0.251. The Labute approximate surface area is 124 Å². The molecule has 2 N–H and O–H groups in total. The molecule has 1 heterocycles. The molecular formula is C13H23N5O3. The lowest BCUT2D eigenvalue weighted by Crippen LogP contribution is -2.15. The number of carbonyl (C=O) groups is 1. The zero-order valence-electron chi connectivity index (χ0n) is 12.8. The first-order chi connectivity index (χ1) is 10.2. The Bertz CT molecular complexity index is 442. The summed E-state index contributed by atoms with van der Waals surface area (Å²) in [5.41, 5.74) is 0. The highest BCUT2D eigenvalue weighted by atomic mass is 16.5. The molecule has 21 heavy (non-hydrogen) atoms. The maximum atomic E-state index is 11.3. The van der Waals surface area contributed by atoms with Gasteiger partial charge in [0.15, 0.2) is 0 Å². The normalized spacial score (nSPS) is 10.0. The second kappa shape index (κ2) is 9.73. The third-order valence-corrected chi connectivity index (χ3v) is 2.30. The third-order valence-electron chi connectivity index (χ3n) is 2.30. The van der Waals surface area contributed by atoms with E-state index in [4.69, 9.17) is 9.47 Å². The van der Waals surface area contributed by atoms with Gasteiger partial charge in [-0.2, -0.15) is 15.0 Å². The average Bonchev–Trinajstić information content (AvgIpc) is 2.45. The summed E-state index contributed by atoms with van der Waals surface area (Å²) in [6.45, 7) is 7.73. The summed E-state index contributed by atoms with van der Waals surface area (Å²) in [5.74, 6) is 0.557. The zero-order chi connectivity index (χ0) is 15.5. The van der Waals surface area contributed by atoms with E-state index in [0.29, 0.717) is 38.2 Å². The molecule has 0 spiro atoms. The third kappa shape index (κ3) is 6.73. The summed E-state index contributed by atoms with van der Waals surface area (Å²) in [5, 5.41) is 5.98. The van der Waals surface area contributed by atoms with Crippen LogP contribution in [0.3, 0.4) is 0 Å². The first-order valence-electron chi connectivity index (χ1n) is 7.21. The minimum atomic E-state index is -0.256. The summed E-state index contributed by atoms with van der Waals surface area (Å²) in [4.78, 5) is 23.8. The highest BCUT2D eigenvalue weighted by Gasteiger charge is 2.08. The number of hydrogen-bond acceptors (Lipinski definition) is 8. The van der Waals surface area contributed by atoms with Gasteiger partial charge in [0.25, 0.3) is 0 Å². The molecule has 0 saturated carbocycles. The smallest absolute Gasteiger partial charge is 0.323 e. The van der Waals surface area contributed by atoms with Crippen LogP contribution in [0.1, 0.15) is 33.6 Å². The molecule has 8 nitrogen and oxygen atoms in total. The molecule has 0 aliphatic heterocycles. The Balaban J connectivity index is 2.61. The van der Waals surface area contributed by atoms with Crippen molar-refractivity contribution < 1.29 is 14.3 Å². The maximum absolute atomic E-state index is 11.3. The Morgan fingerprint density at radius 1 is 1.10 bits per heavy atom. The van der Waals surface area contributed by atoms with Crippen LogP contribution in [0, 0.1) is 0 Å². The van der Waals surface area contributed by atoms with E-state index in [1.807, 2.05) is 13.8 Å². The highest BCUT2D eigenvalue weighted by Crippen LogP contribution is 2.11. The molecule has 0 bridgehead atoms. The van der Waals surface area contributed by atoms with Crippen molar-refractivity contribution in [3.8, 4) is 6.01 Å². The first kappa shape index (κ1) is 16.9. The van der Waals surface area contributed by atoms with E-state index in [1.54, 1.807) is 6.92 Å². The zero-order valence-corrected chi connectivity index (χ0v) is 12.8. The van der Waals surface area contributed by atoms with Gasteiger partial charge >= 0.3 is 12.0 Å². The standard InChI is InChI=1S/C13H23N5O3/c1-4-9-21-13-17-11(14-5-2)16-12(18-13)15-8-7-10(19)20-6-3/h4-9H2,1-3H3,(H2,14,15,16,17,18). The van der Waals surface area contributed by atoms with Crippen molar-refractivity contribution in [3.05, 3.63) is 0 Å². The van der Waals surface area contributed by atoms with Gasteiger partial charge in [0, 0.05) is 13.1 Å². The molecule has 118 valence electrons. The number of nitrogens with one attached hydrogen (secondary N) is 2. The molecule has 0 amide bonds. The number of ether oxygens (including phenoxy) is 2. The lowest BCUT2D eigenvalue weighted by atomic mass is 10.4. The molecule has 1 aromatic rings. The number of carbonyl (C=O) groups excluding carboxylic acids is 1. The molecule has 0 saturated heterocycles. The average molecular weight is 297 g/mol. The van der Waals surface area contributed by atoms with Crippen molar-refractivity contribution >= 4 is 17.9 Å². The maximum Gasteiger partial charge on any atom is 0.323 e. The monoisotopic (exact) mass is 297 g/mol. The highest BCUT2D eigenvalue weighted by molar-refractivity contribution is 5.69. The Morgan fingerprint density at radius 2 is 1.81 bits per heavy atom. The van der Waals surface area contributed by atoms with Crippen LogP contribution in [0.4, 0.5) is 11.9 Å². The largest absolute Gasteiger partial charge is 0.466 e. The van der Waals surface area contributed by atoms with Crippen molar-refractivity contribution in [1.29, 1.82) is 0 Å². The fourth-order valence-electron chi connectivity index (χ4n) is 1.44. The molecule has 0 aliphatic rings. The topological polar surface area (TPSA) is 98.3 Å². The van der Waals surface area contributed by atoms with E-state index < -0.39 is 0 Å². The van der Waals surface area contributed by atoms with E-state index in [2.05, 4.69) is 25.6 Å². The second-order valence-corrected chi connectivity index (χ2v) is 4.13. The van der Waals surface area contributed by atoms with E-state index in [0.717, 1.165) is 6.42 Å². The van der Waals surface area contributed by atoms with Gasteiger partial charge in [-0.05, 0) is 20.3 Å². The molecule has 8 heteroatoms. The number of nitrogens with zero attached hydrogens (tertiary/aromatic N) is 3. The van der Waals surface area contributed by atoms with Crippen molar-refractivity contribution in [2.75, 3.05) is 36.9 Å². The number of hydrogen-bond donors (Lipinski definition) is 2. The van der Waals surface area contributed by atoms with Crippen LogP contribution < -0.4 is 15.4 Å². The van der Waals surface area contributed by atoms with Crippen molar-refractivity contribution in [2.24, 2.45) is 0 Å². The predicted octanol–water partition coefficient (Wildman–Crippen LogP) is 1.46. The van der Waals surface area contributed by atoms with E-state index in [-0.39, 0.29) is 18.4 Å². The van der Waals surface area contributed by atoms with Gasteiger partial charge in [0.1, 0.15) is 0 Å². The van der Waals surface area contributed by atoms with Crippen LogP contribution >= 0.6 is 0 Å². The van der Waals surface area contributed by atoms with Gasteiger partial charge in [0.2, 0.25) is 11.9 Å². The number of aromatic nitrogens is 3. The van der Waals surface area contributed by atoms with Crippen molar-refractivity contribution in [3.63, 3.8) is 0 Å². The summed E-state index contributed by atoms with van der Waals surface area (Å²) in [6.07, 6.45) is 1.12. The second-order valence-electron chi connectivity index (χ2n) is 4.13. The Kier molecular flexibility index (Phi) is 7.85. The number of esters is 1. The fraction of sp³-hybridized carbons (Fsp3) is 0.692. The van der Waals surface area contributed by atoms with Gasteiger partial charge < -0.3 is 20.1 Å². The molecule has 0 atom stereocenters. The van der Waals surface area contributed by atoms with Gasteiger partial charge in [0.05, 0.1) is 19.6 Å². The molecule has 0 radical (unpaired) electrons. The first-order valence-corrected chi connectivity index (χ1v) is 7.21. The lowest BCUT2D eigenvalue weighted by Gasteiger charge is -2.09. The van der Waals surface area contributed by atoms with Gasteiger partial charge in [-0.3, -0.25) is 4.79 Å². The molecule has 0 aliphatic carbocycles. The molecule has 0 unspecified atom stereocenters. The predicted molar refractivity (Wildman–Crippen MR) is 79.5 cm³/mol. The van der Waals surface area contributed by atoms with Crippen LogP contribution in [0.5, 0.6) is 6.01 Å².